The molecule has 0 radical (unpaired) electrons. The van der Waals surface area contributed by atoms with E-state index in [0.29, 0.717) is 56.2 Å². The minimum Gasteiger partial charge on any atom is -0.490 e. The summed E-state index contributed by atoms with van der Waals surface area (Å²) in [6, 6.07) is 0. The third-order valence-electron chi connectivity index (χ3n) is 2.66. The van der Waals surface area contributed by atoms with E-state index in [0.717, 1.165) is 0 Å². The average Bonchev–Trinajstić information content (AvgIpc) is 2.46. The molecule has 0 bridgehead atoms. The lowest BCUT2D eigenvalue weighted by Gasteiger charge is -2.25. The molecule has 0 fully saturated rings. The number of rotatable bonds is 10. The molecule has 0 atom stereocenters. The molecule has 0 spiro atoms. The Labute approximate surface area is 125 Å². The van der Waals surface area contributed by atoms with E-state index in [1.165, 1.54) is 6.33 Å². The van der Waals surface area contributed by atoms with Gasteiger partial charge in [-0.3, -0.25) is 0 Å². The van der Waals surface area contributed by atoms with Crippen LogP contribution in [0.2, 0.25) is 5.15 Å². The molecule has 0 aliphatic carbocycles. The zero-order valence-corrected chi connectivity index (χ0v) is 13.0. The summed E-state index contributed by atoms with van der Waals surface area (Å²) in [5.41, 5.74) is 0. The second-order valence-corrected chi connectivity index (χ2v) is 4.26. The smallest absolute Gasteiger partial charge is 0.199 e. The number of ether oxygens (including phenoxy) is 3. The van der Waals surface area contributed by atoms with Crippen molar-refractivity contribution in [3.63, 3.8) is 0 Å². The molecule has 0 unspecified atom stereocenters. The Kier molecular flexibility index (Phi) is 8.25. The maximum absolute atomic E-state index is 6.03. The molecule has 1 aromatic heterocycles. The summed E-state index contributed by atoms with van der Waals surface area (Å²) < 4.78 is 16.1. The largest absolute Gasteiger partial charge is 0.490 e. The molecule has 0 amide bonds. The number of anilines is 1. The average molecular weight is 304 g/mol. The van der Waals surface area contributed by atoms with Crippen LogP contribution < -0.4 is 9.64 Å². The first kappa shape index (κ1) is 16.9. The lowest BCUT2D eigenvalue weighted by atomic mass is 10.4. The maximum atomic E-state index is 6.03. The van der Waals surface area contributed by atoms with Crippen LogP contribution in [-0.4, -0.2) is 56.6 Å². The van der Waals surface area contributed by atoms with E-state index in [9.17, 15) is 0 Å². The molecule has 0 aliphatic rings. The van der Waals surface area contributed by atoms with E-state index in [4.69, 9.17) is 25.8 Å². The Morgan fingerprint density at radius 3 is 2.20 bits per heavy atom. The van der Waals surface area contributed by atoms with Crippen LogP contribution in [-0.2, 0) is 9.47 Å². The van der Waals surface area contributed by atoms with Crippen molar-refractivity contribution >= 4 is 17.4 Å². The molecule has 1 aromatic rings. The van der Waals surface area contributed by atoms with Crippen molar-refractivity contribution in [2.45, 2.75) is 13.8 Å². The van der Waals surface area contributed by atoms with Crippen molar-refractivity contribution < 1.29 is 14.2 Å². The summed E-state index contributed by atoms with van der Waals surface area (Å²) in [5, 5.41) is 0.301. The van der Waals surface area contributed by atoms with Gasteiger partial charge in [-0.1, -0.05) is 11.6 Å². The summed E-state index contributed by atoms with van der Waals surface area (Å²) in [6.45, 7) is 7.87. The molecule has 7 heteroatoms. The predicted octanol–water partition coefficient (Wildman–Crippen LogP) is 2.02. The minimum absolute atomic E-state index is 0.301. The normalized spacial score (nSPS) is 10.6. The molecule has 20 heavy (non-hydrogen) atoms. The van der Waals surface area contributed by atoms with Crippen molar-refractivity contribution in [2.75, 3.05) is 51.5 Å². The van der Waals surface area contributed by atoms with Crippen molar-refractivity contribution in [3.05, 3.63) is 11.5 Å². The van der Waals surface area contributed by atoms with Gasteiger partial charge in [0.05, 0.1) is 20.3 Å². The minimum atomic E-state index is 0.301. The third kappa shape index (κ3) is 5.11. The molecule has 1 heterocycles. The molecule has 114 valence electrons. The number of hydrogen-bond donors (Lipinski definition) is 0. The van der Waals surface area contributed by atoms with Crippen molar-refractivity contribution in [2.24, 2.45) is 0 Å². The van der Waals surface area contributed by atoms with Gasteiger partial charge in [0.25, 0.3) is 0 Å². The zero-order valence-electron chi connectivity index (χ0n) is 12.3. The maximum Gasteiger partial charge on any atom is 0.199 e. The van der Waals surface area contributed by atoms with Crippen molar-refractivity contribution in [1.82, 2.24) is 9.97 Å². The van der Waals surface area contributed by atoms with Gasteiger partial charge >= 0.3 is 0 Å². The van der Waals surface area contributed by atoms with Gasteiger partial charge in [-0.25, -0.2) is 9.97 Å². The Morgan fingerprint density at radius 2 is 1.70 bits per heavy atom. The predicted molar refractivity (Wildman–Crippen MR) is 78.8 cm³/mol. The molecule has 0 aliphatic heterocycles. The van der Waals surface area contributed by atoms with E-state index < -0.39 is 0 Å². The lowest BCUT2D eigenvalue weighted by Crippen LogP contribution is -2.32. The van der Waals surface area contributed by atoms with E-state index in [-0.39, 0.29) is 0 Å². The van der Waals surface area contributed by atoms with E-state index in [1.54, 1.807) is 7.11 Å². The number of methoxy groups -OCH3 is 1. The highest BCUT2D eigenvalue weighted by Gasteiger charge is 2.17. The fourth-order valence-corrected chi connectivity index (χ4v) is 1.91. The van der Waals surface area contributed by atoms with Crippen LogP contribution in [0.15, 0.2) is 6.33 Å². The second-order valence-electron chi connectivity index (χ2n) is 3.90. The van der Waals surface area contributed by atoms with Crippen LogP contribution in [0.3, 0.4) is 0 Å². The summed E-state index contributed by atoms with van der Waals surface area (Å²) in [7, 11) is 1.55. The van der Waals surface area contributed by atoms with E-state index in [1.807, 2.05) is 18.7 Å². The highest BCUT2D eigenvalue weighted by atomic mass is 35.5. The first-order chi connectivity index (χ1) is 9.74. The highest BCUT2D eigenvalue weighted by molar-refractivity contribution is 6.31. The molecule has 0 saturated carbocycles. The first-order valence-corrected chi connectivity index (χ1v) is 7.07. The monoisotopic (exact) mass is 303 g/mol. The molecule has 1 rings (SSSR count). The van der Waals surface area contributed by atoms with Crippen molar-refractivity contribution in [3.8, 4) is 5.75 Å². The number of nitrogens with zero attached hydrogens (tertiary/aromatic N) is 3. The number of hydrogen-bond acceptors (Lipinski definition) is 6. The zero-order chi connectivity index (χ0) is 14.8. The van der Waals surface area contributed by atoms with Gasteiger partial charge in [0.2, 0.25) is 0 Å². The number of halogens is 1. The van der Waals surface area contributed by atoms with Gasteiger partial charge in [-0.2, -0.15) is 0 Å². The summed E-state index contributed by atoms with van der Waals surface area (Å²) in [6.07, 6.45) is 1.43. The van der Waals surface area contributed by atoms with E-state index in [2.05, 4.69) is 9.97 Å². The fourth-order valence-electron chi connectivity index (χ4n) is 1.71. The topological polar surface area (TPSA) is 56.7 Å². The third-order valence-corrected chi connectivity index (χ3v) is 2.93. The molecular formula is C13H22ClN3O3. The van der Waals surface area contributed by atoms with E-state index >= 15 is 0 Å². The fraction of sp³-hybridized carbons (Fsp3) is 0.692. The van der Waals surface area contributed by atoms with Gasteiger partial charge in [0.15, 0.2) is 16.7 Å². The molecule has 0 aromatic carbocycles. The Hall–Kier alpha value is -1.11. The Balaban J connectivity index is 2.81. The Morgan fingerprint density at radius 1 is 1.10 bits per heavy atom. The number of aromatic nitrogens is 2. The Bertz CT molecular complexity index is 383. The summed E-state index contributed by atoms with van der Waals surface area (Å²) in [4.78, 5) is 10.2. The molecule has 6 nitrogen and oxygen atoms in total. The molecule has 0 N–H and O–H groups in total. The standard InChI is InChI=1S/C13H22ClN3O3/c1-4-19-8-6-17(7-9-20-5-2)13-11(18-3)12(14)15-10-16-13/h10H,4-9H2,1-3H3. The van der Waals surface area contributed by atoms with Crippen LogP contribution >= 0.6 is 11.6 Å². The van der Waals surface area contributed by atoms with Crippen LogP contribution in [0, 0.1) is 0 Å². The van der Waals surface area contributed by atoms with Gasteiger partial charge < -0.3 is 19.1 Å². The lowest BCUT2D eigenvalue weighted by molar-refractivity contribution is 0.141. The van der Waals surface area contributed by atoms with Gasteiger partial charge in [0.1, 0.15) is 6.33 Å². The van der Waals surface area contributed by atoms with Crippen molar-refractivity contribution in [1.29, 1.82) is 0 Å². The second kappa shape index (κ2) is 9.74. The molecular weight excluding hydrogens is 282 g/mol. The van der Waals surface area contributed by atoms with Gasteiger partial charge in [0, 0.05) is 26.3 Å². The highest BCUT2D eigenvalue weighted by Crippen LogP contribution is 2.31. The molecule has 0 saturated heterocycles. The van der Waals surface area contributed by atoms with Crippen LogP contribution in [0.4, 0.5) is 5.82 Å². The summed E-state index contributed by atoms with van der Waals surface area (Å²) in [5.74, 6) is 1.13. The quantitative estimate of drug-likeness (QED) is 0.487. The van der Waals surface area contributed by atoms with Gasteiger partial charge in [-0.05, 0) is 13.8 Å². The van der Waals surface area contributed by atoms with Crippen LogP contribution in [0.5, 0.6) is 5.75 Å². The SMILES string of the molecule is CCOCCN(CCOCC)c1ncnc(Cl)c1OC. The summed E-state index contributed by atoms with van der Waals surface area (Å²) >= 11 is 6.03. The van der Waals surface area contributed by atoms with Crippen LogP contribution in [0.1, 0.15) is 13.8 Å². The van der Waals surface area contributed by atoms with Gasteiger partial charge in [-0.15, -0.1) is 0 Å². The first-order valence-electron chi connectivity index (χ1n) is 6.69. The van der Waals surface area contributed by atoms with Crippen LogP contribution in [0.25, 0.3) is 0 Å².